The number of alkyl halides is 2. The molecule has 1 amide bonds. The van der Waals surface area contributed by atoms with Crippen molar-refractivity contribution in [2.75, 3.05) is 6.54 Å². The van der Waals surface area contributed by atoms with Crippen molar-refractivity contribution < 1.29 is 9.59 Å². The van der Waals surface area contributed by atoms with Gasteiger partial charge in [0.1, 0.15) is 5.50 Å². The number of rotatable bonds is 2. The first kappa shape index (κ1) is 14.4. The van der Waals surface area contributed by atoms with Gasteiger partial charge in [-0.15, -0.1) is 11.6 Å². The highest BCUT2D eigenvalue weighted by atomic mass is 35.5. The number of halogens is 2. The number of piperidine rings is 1. The van der Waals surface area contributed by atoms with E-state index in [2.05, 4.69) is 0 Å². The number of hydrogen-bond acceptors (Lipinski definition) is 2. The maximum absolute atomic E-state index is 12.5. The van der Waals surface area contributed by atoms with Gasteiger partial charge < -0.3 is 4.90 Å². The second kappa shape index (κ2) is 5.93. The summed E-state index contributed by atoms with van der Waals surface area (Å²) in [6.07, 6.45) is 0.577. The van der Waals surface area contributed by atoms with E-state index < -0.39 is 11.4 Å². The number of carbonyl (C=O) groups excluding carboxylic acids is 2. The fourth-order valence-corrected chi connectivity index (χ4v) is 3.30. The second-order valence-electron chi connectivity index (χ2n) is 4.65. The van der Waals surface area contributed by atoms with Crippen LogP contribution in [0.5, 0.6) is 0 Å². The molecular weight excluding hydrogens is 285 g/mol. The first-order chi connectivity index (χ1) is 9.02. The molecule has 0 N–H and O–H groups in total. The molecule has 0 radical (unpaired) electrons. The van der Waals surface area contributed by atoms with E-state index >= 15 is 0 Å². The number of benzene rings is 1. The lowest BCUT2D eigenvalue weighted by Gasteiger charge is -2.39. The summed E-state index contributed by atoms with van der Waals surface area (Å²) in [5, 5.41) is -0.342. The predicted molar refractivity (Wildman–Crippen MR) is 75.5 cm³/mol. The van der Waals surface area contributed by atoms with Gasteiger partial charge in [-0.25, -0.2) is 0 Å². The molecule has 0 aliphatic carbocycles. The average molecular weight is 300 g/mol. The van der Waals surface area contributed by atoms with E-state index in [1.807, 2.05) is 6.07 Å². The van der Waals surface area contributed by atoms with Crippen LogP contribution >= 0.6 is 23.2 Å². The van der Waals surface area contributed by atoms with Crippen molar-refractivity contribution >= 4 is 34.9 Å². The summed E-state index contributed by atoms with van der Waals surface area (Å²) in [7, 11) is 0. The van der Waals surface area contributed by atoms with Crippen LogP contribution in [-0.4, -0.2) is 34.0 Å². The first-order valence-electron chi connectivity index (χ1n) is 6.17. The predicted octanol–water partition coefficient (Wildman–Crippen LogP) is 2.91. The molecule has 1 aliphatic heterocycles. The van der Waals surface area contributed by atoms with Crippen LogP contribution in [-0.2, 0) is 4.79 Å². The Balaban J connectivity index is 2.26. The van der Waals surface area contributed by atoms with E-state index in [-0.39, 0.29) is 17.1 Å². The van der Waals surface area contributed by atoms with Crippen LogP contribution in [0.4, 0.5) is 0 Å². The van der Waals surface area contributed by atoms with E-state index in [1.165, 1.54) is 11.8 Å². The lowest BCUT2D eigenvalue weighted by molar-refractivity contribution is -0.131. The Hall–Kier alpha value is -1.06. The molecule has 2 rings (SSSR count). The van der Waals surface area contributed by atoms with Crippen molar-refractivity contribution in [3.8, 4) is 0 Å². The summed E-state index contributed by atoms with van der Waals surface area (Å²) in [6, 6.07) is 8.91. The quantitative estimate of drug-likeness (QED) is 0.478. The molecule has 1 aromatic rings. The van der Waals surface area contributed by atoms with E-state index in [1.54, 1.807) is 24.3 Å². The largest absolute Gasteiger partial charge is 0.326 e. The fraction of sp³-hybridized carbons (Fsp3) is 0.429. The number of likely N-dealkylation sites (tertiary alicyclic amines) is 1. The summed E-state index contributed by atoms with van der Waals surface area (Å²) in [6.45, 7) is 1.95. The molecule has 1 aromatic carbocycles. The molecule has 0 bridgehead atoms. The Morgan fingerprint density at radius 1 is 1.21 bits per heavy atom. The molecule has 0 saturated carbocycles. The Labute approximate surface area is 122 Å². The molecule has 1 fully saturated rings. The van der Waals surface area contributed by atoms with Crippen molar-refractivity contribution in [3.05, 3.63) is 35.9 Å². The summed E-state index contributed by atoms with van der Waals surface area (Å²) < 4.78 is 0. The molecule has 102 valence electrons. The van der Waals surface area contributed by atoms with Crippen LogP contribution < -0.4 is 0 Å². The maximum Gasteiger partial charge on any atom is 0.220 e. The zero-order chi connectivity index (χ0) is 14.0. The van der Waals surface area contributed by atoms with E-state index in [4.69, 9.17) is 23.2 Å². The Morgan fingerprint density at radius 3 is 2.42 bits per heavy atom. The van der Waals surface area contributed by atoms with Gasteiger partial charge in [-0.2, -0.15) is 0 Å². The summed E-state index contributed by atoms with van der Waals surface area (Å²) in [5.74, 6) is -0.802. The highest BCUT2D eigenvalue weighted by Gasteiger charge is 2.41. The van der Waals surface area contributed by atoms with Crippen LogP contribution in [0.25, 0.3) is 0 Å². The summed E-state index contributed by atoms with van der Waals surface area (Å²) in [4.78, 5) is 25.5. The van der Waals surface area contributed by atoms with Crippen LogP contribution in [0.3, 0.4) is 0 Å². The van der Waals surface area contributed by atoms with Gasteiger partial charge in [0.05, 0.1) is 5.92 Å². The van der Waals surface area contributed by atoms with Crippen molar-refractivity contribution in [3.63, 3.8) is 0 Å². The third kappa shape index (κ3) is 2.93. The smallest absolute Gasteiger partial charge is 0.220 e. The van der Waals surface area contributed by atoms with Gasteiger partial charge in [-0.3, -0.25) is 9.59 Å². The van der Waals surface area contributed by atoms with Gasteiger partial charge >= 0.3 is 0 Å². The highest BCUT2D eigenvalue weighted by molar-refractivity contribution is 6.28. The van der Waals surface area contributed by atoms with Gasteiger partial charge in [0.2, 0.25) is 5.91 Å². The monoisotopic (exact) mass is 299 g/mol. The normalized spacial score (nSPS) is 27.1. The number of amides is 1. The third-order valence-electron chi connectivity index (χ3n) is 3.40. The fourth-order valence-electron chi connectivity index (χ4n) is 2.35. The van der Waals surface area contributed by atoms with Gasteiger partial charge in [0.25, 0.3) is 0 Å². The lowest BCUT2D eigenvalue weighted by atomic mass is 9.89. The van der Waals surface area contributed by atoms with Crippen LogP contribution in [0.1, 0.15) is 23.7 Å². The SMILES string of the molecule is CC(=O)N1CCC(Cl)C(C(=O)c2ccccc2)C1Cl. The van der Waals surface area contributed by atoms with Gasteiger partial charge in [0, 0.05) is 24.4 Å². The molecule has 5 heteroatoms. The van der Waals surface area contributed by atoms with E-state index in [0.717, 1.165) is 0 Å². The van der Waals surface area contributed by atoms with Crippen LogP contribution in [0.15, 0.2) is 30.3 Å². The highest BCUT2D eigenvalue weighted by Crippen LogP contribution is 2.33. The number of ketones is 1. The topological polar surface area (TPSA) is 37.4 Å². The molecule has 1 aliphatic rings. The maximum atomic E-state index is 12.5. The van der Waals surface area contributed by atoms with E-state index in [0.29, 0.717) is 18.5 Å². The Bertz CT molecular complexity index is 478. The average Bonchev–Trinajstić information content (AvgIpc) is 2.39. The minimum Gasteiger partial charge on any atom is -0.326 e. The molecule has 3 atom stereocenters. The zero-order valence-corrected chi connectivity index (χ0v) is 12.1. The minimum atomic E-state index is -0.679. The molecule has 1 heterocycles. The summed E-state index contributed by atoms with van der Waals surface area (Å²) in [5.41, 5.74) is -0.101. The number of hydrogen-bond donors (Lipinski definition) is 0. The molecule has 3 nitrogen and oxygen atoms in total. The first-order valence-corrected chi connectivity index (χ1v) is 7.04. The Morgan fingerprint density at radius 2 is 1.84 bits per heavy atom. The Kier molecular flexibility index (Phi) is 4.48. The summed E-state index contributed by atoms with van der Waals surface area (Å²) >= 11 is 12.5. The van der Waals surface area contributed by atoms with Crippen molar-refractivity contribution in [2.45, 2.75) is 24.2 Å². The third-order valence-corrected chi connectivity index (χ3v) is 4.39. The van der Waals surface area contributed by atoms with Gasteiger partial charge in [-0.05, 0) is 6.42 Å². The second-order valence-corrected chi connectivity index (χ2v) is 5.65. The molecule has 3 unspecified atom stereocenters. The standard InChI is InChI=1S/C14H15Cl2NO2/c1-9(18)17-8-7-11(15)12(14(17)16)13(19)10-5-3-2-4-6-10/h2-6,11-12,14H,7-8H2,1H3. The number of carbonyl (C=O) groups is 2. The van der Waals surface area contributed by atoms with Gasteiger partial charge in [-0.1, -0.05) is 41.9 Å². The van der Waals surface area contributed by atoms with Crippen molar-refractivity contribution in [2.24, 2.45) is 5.92 Å². The molecule has 0 spiro atoms. The van der Waals surface area contributed by atoms with Crippen molar-refractivity contribution in [1.29, 1.82) is 0 Å². The number of nitrogens with zero attached hydrogens (tertiary/aromatic N) is 1. The minimum absolute atomic E-state index is 0.105. The van der Waals surface area contributed by atoms with E-state index in [9.17, 15) is 9.59 Å². The van der Waals surface area contributed by atoms with Crippen molar-refractivity contribution in [1.82, 2.24) is 4.90 Å². The molecule has 0 aromatic heterocycles. The molecular formula is C14H15Cl2NO2. The number of Topliss-reactive ketones (excluding diaryl/α,β-unsaturated/α-hetero) is 1. The zero-order valence-electron chi connectivity index (χ0n) is 10.6. The van der Waals surface area contributed by atoms with Crippen LogP contribution in [0.2, 0.25) is 0 Å². The van der Waals surface area contributed by atoms with Gasteiger partial charge in [0.15, 0.2) is 5.78 Å². The lowest BCUT2D eigenvalue weighted by Crippen LogP contribution is -2.51. The molecule has 1 saturated heterocycles. The molecule has 19 heavy (non-hydrogen) atoms. The van der Waals surface area contributed by atoms with Crippen LogP contribution in [0, 0.1) is 5.92 Å².